The monoisotopic (exact) mass is 345 g/mol. The highest BCUT2D eigenvalue weighted by atomic mass is 16.3. The predicted octanol–water partition coefficient (Wildman–Crippen LogP) is 4.86. The lowest BCUT2D eigenvalue weighted by Gasteiger charge is -2.40. The predicted molar refractivity (Wildman–Crippen MR) is 108 cm³/mol. The lowest BCUT2D eigenvalue weighted by Crippen LogP contribution is -2.49. The van der Waals surface area contributed by atoms with E-state index in [0.717, 1.165) is 24.1 Å². The van der Waals surface area contributed by atoms with Gasteiger partial charge in [0.05, 0.1) is 5.54 Å². The van der Waals surface area contributed by atoms with Crippen molar-refractivity contribution < 1.29 is 5.11 Å². The van der Waals surface area contributed by atoms with Crippen molar-refractivity contribution in [3.8, 4) is 0 Å². The number of nitrogens with one attached hydrogen (secondary N) is 1. The summed E-state index contributed by atoms with van der Waals surface area (Å²) in [5.74, 6) is 0. The summed E-state index contributed by atoms with van der Waals surface area (Å²) in [5.41, 5.74) is 2.65. The quantitative estimate of drug-likeness (QED) is 0.611. The van der Waals surface area contributed by atoms with Crippen molar-refractivity contribution in [3.05, 3.63) is 108 Å². The maximum atomic E-state index is 11.5. The summed E-state index contributed by atoms with van der Waals surface area (Å²) in [6, 6.07) is 30.7. The van der Waals surface area contributed by atoms with Gasteiger partial charge in [0, 0.05) is 0 Å². The largest absolute Gasteiger partial charge is 0.386 e. The number of hydrogen-bond donors (Lipinski definition) is 2. The van der Waals surface area contributed by atoms with Crippen LogP contribution in [0.1, 0.15) is 36.1 Å². The minimum absolute atomic E-state index is 0.583. The van der Waals surface area contributed by atoms with Crippen molar-refractivity contribution in [2.75, 3.05) is 6.54 Å². The van der Waals surface area contributed by atoms with Gasteiger partial charge in [-0.15, -0.1) is 0 Å². The third-order valence-corrected chi connectivity index (χ3v) is 4.89. The summed E-state index contributed by atoms with van der Waals surface area (Å²) in [6.45, 7) is 2.99. The van der Waals surface area contributed by atoms with Gasteiger partial charge in [0.1, 0.15) is 6.10 Å². The first-order valence-corrected chi connectivity index (χ1v) is 9.34. The number of hydrogen-bond acceptors (Lipinski definition) is 2. The number of aliphatic hydroxyl groups is 1. The zero-order valence-electron chi connectivity index (χ0n) is 15.3. The van der Waals surface area contributed by atoms with Gasteiger partial charge in [-0.1, -0.05) is 97.9 Å². The molecule has 134 valence electrons. The van der Waals surface area contributed by atoms with Crippen molar-refractivity contribution in [1.82, 2.24) is 5.32 Å². The molecule has 0 aromatic heterocycles. The van der Waals surface area contributed by atoms with Gasteiger partial charge in [0.25, 0.3) is 0 Å². The van der Waals surface area contributed by atoms with E-state index in [2.05, 4.69) is 48.6 Å². The van der Waals surface area contributed by atoms with Crippen molar-refractivity contribution in [3.63, 3.8) is 0 Å². The number of aliphatic hydroxyl groups excluding tert-OH is 1. The second-order valence-electron chi connectivity index (χ2n) is 6.74. The van der Waals surface area contributed by atoms with Crippen LogP contribution >= 0.6 is 0 Å². The highest BCUT2D eigenvalue weighted by molar-refractivity contribution is 5.34. The molecule has 0 aliphatic rings. The minimum atomic E-state index is -0.655. The molecule has 0 saturated heterocycles. The SMILES string of the molecule is CCCN[C@](Cc1ccccc1)(c1ccccc1)[C@H](O)c1ccccc1. The van der Waals surface area contributed by atoms with Crippen LogP contribution in [0.2, 0.25) is 0 Å². The van der Waals surface area contributed by atoms with Gasteiger partial charge in [-0.25, -0.2) is 0 Å². The van der Waals surface area contributed by atoms with E-state index in [-0.39, 0.29) is 0 Å². The van der Waals surface area contributed by atoms with Gasteiger partial charge < -0.3 is 10.4 Å². The lowest BCUT2D eigenvalue weighted by molar-refractivity contribution is 0.0552. The van der Waals surface area contributed by atoms with Crippen molar-refractivity contribution >= 4 is 0 Å². The molecule has 2 atom stereocenters. The fourth-order valence-corrected chi connectivity index (χ4v) is 3.54. The van der Waals surface area contributed by atoms with E-state index in [4.69, 9.17) is 0 Å². The fourth-order valence-electron chi connectivity index (χ4n) is 3.54. The third-order valence-electron chi connectivity index (χ3n) is 4.89. The maximum Gasteiger partial charge on any atom is 0.102 e. The third kappa shape index (κ3) is 4.04. The molecule has 0 bridgehead atoms. The summed E-state index contributed by atoms with van der Waals surface area (Å²) in [4.78, 5) is 0. The topological polar surface area (TPSA) is 32.3 Å². The molecule has 0 amide bonds. The van der Waals surface area contributed by atoms with Crippen LogP contribution in [0, 0.1) is 0 Å². The Morgan fingerprint density at radius 1 is 0.808 bits per heavy atom. The Morgan fingerprint density at radius 3 is 1.92 bits per heavy atom. The Morgan fingerprint density at radius 2 is 1.35 bits per heavy atom. The van der Waals surface area contributed by atoms with Crippen molar-refractivity contribution in [2.45, 2.75) is 31.4 Å². The summed E-state index contributed by atoms with van der Waals surface area (Å²) in [6.07, 6.45) is 1.07. The molecule has 0 aliphatic heterocycles. The number of rotatable bonds is 8. The van der Waals surface area contributed by atoms with Gasteiger partial charge >= 0.3 is 0 Å². The van der Waals surface area contributed by atoms with E-state index in [1.807, 2.05) is 54.6 Å². The number of benzene rings is 3. The molecular weight excluding hydrogens is 318 g/mol. The van der Waals surface area contributed by atoms with Gasteiger partial charge in [-0.3, -0.25) is 0 Å². The van der Waals surface area contributed by atoms with Gasteiger partial charge in [0.2, 0.25) is 0 Å². The molecule has 26 heavy (non-hydrogen) atoms. The first-order chi connectivity index (χ1) is 12.8. The first kappa shape index (κ1) is 18.4. The van der Waals surface area contributed by atoms with Gasteiger partial charge in [-0.05, 0) is 36.1 Å². The summed E-state index contributed by atoms with van der Waals surface area (Å²) in [5, 5.41) is 15.2. The van der Waals surface area contributed by atoms with E-state index in [9.17, 15) is 5.11 Å². The standard InChI is InChI=1S/C24H27NO/c1-2-18-25-24(22-16-10-5-11-17-22,19-20-12-6-3-7-13-20)23(26)21-14-8-4-9-15-21/h3-17,23,25-26H,2,18-19H2,1H3/t23-,24-/m1/s1. The molecule has 0 spiro atoms. The molecule has 2 N–H and O–H groups in total. The highest BCUT2D eigenvalue weighted by Gasteiger charge is 2.40. The highest BCUT2D eigenvalue weighted by Crippen LogP contribution is 2.38. The lowest BCUT2D eigenvalue weighted by atomic mass is 9.76. The summed E-state index contributed by atoms with van der Waals surface area (Å²) in [7, 11) is 0. The van der Waals surface area contributed by atoms with Crippen LogP contribution in [0.3, 0.4) is 0 Å². The molecule has 0 radical (unpaired) electrons. The van der Waals surface area contributed by atoms with Crippen LogP contribution in [0.15, 0.2) is 91.0 Å². The molecule has 2 heteroatoms. The molecule has 0 aliphatic carbocycles. The van der Waals surface area contributed by atoms with Crippen LogP contribution < -0.4 is 5.32 Å². The second-order valence-corrected chi connectivity index (χ2v) is 6.74. The van der Waals surface area contributed by atoms with Gasteiger partial charge in [0.15, 0.2) is 0 Å². The molecule has 3 rings (SSSR count). The average molecular weight is 345 g/mol. The average Bonchev–Trinajstić information content (AvgIpc) is 2.72. The summed E-state index contributed by atoms with van der Waals surface area (Å²) >= 11 is 0. The zero-order valence-corrected chi connectivity index (χ0v) is 15.3. The van der Waals surface area contributed by atoms with E-state index < -0.39 is 11.6 Å². The summed E-state index contributed by atoms with van der Waals surface area (Å²) < 4.78 is 0. The molecule has 3 aromatic carbocycles. The van der Waals surface area contributed by atoms with E-state index >= 15 is 0 Å². The Balaban J connectivity index is 2.10. The normalized spacial score (nSPS) is 14.5. The van der Waals surface area contributed by atoms with Crippen molar-refractivity contribution in [1.29, 1.82) is 0 Å². The molecular formula is C24H27NO. The van der Waals surface area contributed by atoms with Crippen molar-refractivity contribution in [2.24, 2.45) is 0 Å². The molecule has 0 unspecified atom stereocenters. The van der Waals surface area contributed by atoms with Crippen LogP contribution in [-0.2, 0) is 12.0 Å². The zero-order chi connectivity index (χ0) is 18.2. The fraction of sp³-hybridized carbons (Fsp3) is 0.250. The van der Waals surface area contributed by atoms with Crippen LogP contribution in [-0.4, -0.2) is 11.7 Å². The smallest absolute Gasteiger partial charge is 0.102 e. The van der Waals surface area contributed by atoms with Gasteiger partial charge in [-0.2, -0.15) is 0 Å². The van der Waals surface area contributed by atoms with Crippen LogP contribution in [0.5, 0.6) is 0 Å². The van der Waals surface area contributed by atoms with Crippen LogP contribution in [0.4, 0.5) is 0 Å². The Labute approximate surface area is 156 Å². The Kier molecular flexibility index (Phi) is 6.21. The Bertz CT molecular complexity index is 773. The maximum absolute atomic E-state index is 11.5. The van der Waals surface area contributed by atoms with E-state index in [0.29, 0.717) is 6.42 Å². The second kappa shape index (κ2) is 8.79. The molecule has 0 fully saturated rings. The Hall–Kier alpha value is -2.42. The molecule has 2 nitrogen and oxygen atoms in total. The van der Waals surface area contributed by atoms with E-state index in [1.54, 1.807) is 0 Å². The molecule has 0 saturated carbocycles. The molecule has 3 aromatic rings. The van der Waals surface area contributed by atoms with E-state index in [1.165, 1.54) is 5.56 Å². The first-order valence-electron chi connectivity index (χ1n) is 9.34. The van der Waals surface area contributed by atoms with Crippen LogP contribution in [0.25, 0.3) is 0 Å². The molecule has 0 heterocycles. The minimum Gasteiger partial charge on any atom is -0.386 e.